The average molecular weight is 339 g/mol. The van der Waals surface area contributed by atoms with Crippen molar-refractivity contribution in [2.24, 2.45) is 0 Å². The van der Waals surface area contributed by atoms with Gasteiger partial charge in [0.05, 0.1) is 5.38 Å². The van der Waals surface area contributed by atoms with Crippen molar-refractivity contribution in [3.8, 4) is 0 Å². The molecule has 0 atom stereocenters. The van der Waals surface area contributed by atoms with Gasteiger partial charge in [-0.25, -0.2) is 0 Å². The molecule has 1 aromatic heterocycles. The van der Waals surface area contributed by atoms with Crippen LogP contribution in [0.5, 0.6) is 0 Å². The molecule has 0 aliphatic rings. The van der Waals surface area contributed by atoms with Crippen LogP contribution in [0, 0.1) is 0 Å². The van der Waals surface area contributed by atoms with Crippen LogP contribution >= 0.6 is 11.3 Å². The van der Waals surface area contributed by atoms with E-state index in [4.69, 9.17) is 0 Å². The molecule has 0 fully saturated rings. The molecule has 0 aromatic carbocycles. The molecular formula is C21H40NS+. The zero-order chi connectivity index (χ0) is 16.4. The summed E-state index contributed by atoms with van der Waals surface area (Å²) in [6.45, 7) is 3.51. The van der Waals surface area contributed by atoms with E-state index >= 15 is 0 Å². The van der Waals surface area contributed by atoms with Crippen molar-refractivity contribution in [3.05, 3.63) is 17.1 Å². The van der Waals surface area contributed by atoms with Gasteiger partial charge in [-0.3, -0.25) is 0 Å². The Balaban J connectivity index is 1.67. The summed E-state index contributed by atoms with van der Waals surface area (Å²) in [7, 11) is 0. The van der Waals surface area contributed by atoms with Gasteiger partial charge in [-0.05, 0) is 6.42 Å². The smallest absolute Gasteiger partial charge is 0.195 e. The SMILES string of the molecule is CCCCCCCCCCCCCCCCCC[n+]1ccsc1. The summed E-state index contributed by atoms with van der Waals surface area (Å²) in [4.78, 5) is 0. The Morgan fingerprint density at radius 3 is 1.43 bits per heavy atom. The number of hydrogen-bond acceptors (Lipinski definition) is 1. The third-order valence-corrected chi connectivity index (χ3v) is 5.47. The largest absolute Gasteiger partial charge is 0.224 e. The molecule has 23 heavy (non-hydrogen) atoms. The Bertz CT molecular complexity index is 321. The highest BCUT2D eigenvalue weighted by atomic mass is 32.1. The van der Waals surface area contributed by atoms with E-state index in [2.05, 4.69) is 28.6 Å². The van der Waals surface area contributed by atoms with Crippen LogP contribution in [0.2, 0.25) is 0 Å². The van der Waals surface area contributed by atoms with E-state index in [1.807, 2.05) is 0 Å². The van der Waals surface area contributed by atoms with E-state index < -0.39 is 0 Å². The first-order valence-electron chi connectivity index (χ1n) is 10.3. The maximum absolute atomic E-state index is 2.31. The number of aromatic nitrogens is 1. The van der Waals surface area contributed by atoms with Crippen molar-refractivity contribution in [1.82, 2.24) is 0 Å². The fraction of sp³-hybridized carbons (Fsp3) is 0.857. The number of hydrogen-bond donors (Lipinski definition) is 0. The molecule has 1 nitrogen and oxygen atoms in total. The molecular weight excluding hydrogens is 298 g/mol. The van der Waals surface area contributed by atoms with Crippen LogP contribution < -0.4 is 4.57 Å². The first-order valence-corrected chi connectivity index (χ1v) is 11.3. The number of thiazole rings is 1. The summed E-state index contributed by atoms with van der Waals surface area (Å²) < 4.78 is 2.31. The highest BCUT2D eigenvalue weighted by molar-refractivity contribution is 7.07. The topological polar surface area (TPSA) is 3.88 Å². The van der Waals surface area contributed by atoms with Crippen molar-refractivity contribution in [2.75, 3.05) is 0 Å². The lowest BCUT2D eigenvalue weighted by atomic mass is 10.0. The van der Waals surface area contributed by atoms with Crippen molar-refractivity contribution in [2.45, 2.75) is 116 Å². The third-order valence-electron chi connectivity index (χ3n) is 4.80. The van der Waals surface area contributed by atoms with Crippen molar-refractivity contribution in [1.29, 1.82) is 0 Å². The van der Waals surface area contributed by atoms with Gasteiger partial charge in [0.15, 0.2) is 6.20 Å². The molecule has 1 heterocycles. The minimum absolute atomic E-state index is 1.21. The second-order valence-electron chi connectivity index (χ2n) is 7.07. The number of aryl methyl sites for hydroxylation is 1. The predicted molar refractivity (Wildman–Crippen MR) is 104 cm³/mol. The maximum Gasteiger partial charge on any atom is 0.224 e. The Hall–Kier alpha value is -0.370. The fourth-order valence-electron chi connectivity index (χ4n) is 3.23. The third kappa shape index (κ3) is 13.7. The van der Waals surface area contributed by atoms with Gasteiger partial charge >= 0.3 is 0 Å². The van der Waals surface area contributed by atoms with Crippen molar-refractivity contribution in [3.63, 3.8) is 0 Å². The van der Waals surface area contributed by atoms with Gasteiger partial charge in [0, 0.05) is 6.42 Å². The lowest BCUT2D eigenvalue weighted by Crippen LogP contribution is -2.29. The van der Waals surface area contributed by atoms with E-state index in [-0.39, 0.29) is 0 Å². The zero-order valence-electron chi connectivity index (χ0n) is 15.6. The number of rotatable bonds is 17. The first kappa shape index (κ1) is 20.7. The van der Waals surface area contributed by atoms with Crippen molar-refractivity contribution >= 4 is 11.3 Å². The van der Waals surface area contributed by atoms with Gasteiger partial charge < -0.3 is 0 Å². The van der Waals surface area contributed by atoms with E-state index in [0.717, 1.165) is 0 Å². The minimum atomic E-state index is 1.21. The molecule has 0 saturated heterocycles. The van der Waals surface area contributed by atoms with Gasteiger partial charge in [0.1, 0.15) is 6.54 Å². The second kappa shape index (κ2) is 16.5. The molecule has 0 aliphatic carbocycles. The summed E-state index contributed by atoms with van der Waals surface area (Å²) >= 11 is 1.79. The molecule has 0 spiro atoms. The number of unbranched alkanes of at least 4 members (excludes halogenated alkanes) is 15. The van der Waals surface area contributed by atoms with Crippen LogP contribution in [-0.2, 0) is 6.54 Å². The van der Waals surface area contributed by atoms with Gasteiger partial charge in [-0.2, -0.15) is 4.57 Å². The highest BCUT2D eigenvalue weighted by Gasteiger charge is 1.99. The molecule has 1 aromatic rings. The summed E-state index contributed by atoms with van der Waals surface area (Å²) in [5, 5.41) is 2.16. The molecule has 1 rings (SSSR count). The van der Waals surface area contributed by atoms with Gasteiger partial charge in [0.2, 0.25) is 5.51 Å². The summed E-state index contributed by atoms with van der Waals surface area (Å²) in [6, 6.07) is 0. The van der Waals surface area contributed by atoms with Crippen LogP contribution in [0.25, 0.3) is 0 Å². The number of nitrogens with zero attached hydrogens (tertiary/aromatic N) is 1. The molecule has 134 valence electrons. The van der Waals surface area contributed by atoms with Gasteiger partial charge in [-0.15, -0.1) is 0 Å². The van der Waals surface area contributed by atoms with Crippen LogP contribution in [-0.4, -0.2) is 0 Å². The maximum atomic E-state index is 2.31. The molecule has 2 heteroatoms. The summed E-state index contributed by atoms with van der Waals surface area (Å²) in [5.74, 6) is 0. The molecule has 0 saturated carbocycles. The normalized spacial score (nSPS) is 11.2. The Labute approximate surface area is 149 Å². The summed E-state index contributed by atoms with van der Waals surface area (Å²) in [6.07, 6.45) is 25.3. The molecule has 0 unspecified atom stereocenters. The summed E-state index contributed by atoms with van der Waals surface area (Å²) in [5.41, 5.74) is 2.21. The fourth-order valence-corrected chi connectivity index (χ4v) is 3.86. The van der Waals surface area contributed by atoms with Gasteiger partial charge in [-0.1, -0.05) is 108 Å². The zero-order valence-corrected chi connectivity index (χ0v) is 16.4. The molecule has 0 bridgehead atoms. The van der Waals surface area contributed by atoms with Crippen LogP contribution in [0.1, 0.15) is 110 Å². The van der Waals surface area contributed by atoms with E-state index in [1.54, 1.807) is 11.3 Å². The monoisotopic (exact) mass is 338 g/mol. The quantitative estimate of drug-likeness (QED) is 0.207. The highest BCUT2D eigenvalue weighted by Crippen LogP contribution is 2.13. The van der Waals surface area contributed by atoms with Crippen molar-refractivity contribution < 1.29 is 4.57 Å². The molecule has 0 amide bonds. The Morgan fingerprint density at radius 2 is 1.04 bits per heavy atom. The molecule has 0 radical (unpaired) electrons. The van der Waals surface area contributed by atoms with E-state index in [1.165, 1.54) is 109 Å². The van der Waals surface area contributed by atoms with E-state index in [9.17, 15) is 0 Å². The Morgan fingerprint density at radius 1 is 0.609 bits per heavy atom. The minimum Gasteiger partial charge on any atom is -0.195 e. The lowest BCUT2D eigenvalue weighted by Gasteiger charge is -2.03. The molecule has 0 aliphatic heterocycles. The molecule has 0 N–H and O–H groups in total. The average Bonchev–Trinajstić information content (AvgIpc) is 3.08. The second-order valence-corrected chi connectivity index (χ2v) is 7.82. The van der Waals surface area contributed by atoms with Crippen LogP contribution in [0.3, 0.4) is 0 Å². The predicted octanol–water partition coefficient (Wildman–Crippen LogP) is 7.30. The van der Waals surface area contributed by atoms with E-state index in [0.29, 0.717) is 0 Å². The van der Waals surface area contributed by atoms with Crippen LogP contribution in [0.4, 0.5) is 0 Å². The first-order chi connectivity index (χ1) is 11.4. The standard InChI is InChI=1S/C21H40NS/c1-2-3-4-5-6-7-8-9-10-11-12-13-14-15-16-17-18-22-19-20-23-21-22/h19-21H,2-18H2,1H3/q+1. The lowest BCUT2D eigenvalue weighted by molar-refractivity contribution is -0.692. The van der Waals surface area contributed by atoms with Crippen LogP contribution in [0.15, 0.2) is 17.1 Å². The van der Waals surface area contributed by atoms with Gasteiger partial charge in [0.25, 0.3) is 0 Å². The Kier molecular flexibility index (Phi) is 14.8.